The molecule has 1 aromatic rings. The minimum atomic E-state index is -0.267. The first-order valence-electron chi connectivity index (χ1n) is 9.04. The highest BCUT2D eigenvalue weighted by molar-refractivity contribution is 14.0. The molecule has 9 nitrogen and oxygen atoms in total. The van der Waals surface area contributed by atoms with Crippen molar-refractivity contribution in [3.05, 3.63) is 11.6 Å². The van der Waals surface area contributed by atoms with E-state index in [1.807, 2.05) is 39.3 Å². The maximum absolute atomic E-state index is 12.0. The van der Waals surface area contributed by atoms with Crippen molar-refractivity contribution in [3.63, 3.8) is 0 Å². The van der Waals surface area contributed by atoms with Crippen LogP contribution in [0, 0.1) is 6.92 Å². The second-order valence-corrected chi connectivity index (χ2v) is 7.55. The lowest BCUT2D eigenvalue weighted by molar-refractivity contribution is -0.121. The number of hydrogen-bond acceptors (Lipinski definition) is 5. The van der Waals surface area contributed by atoms with Crippen LogP contribution >= 0.6 is 24.0 Å². The molecule has 154 valence electrons. The number of aliphatic imine (C=N–C) groups is 1. The number of nitrogens with zero attached hydrogens (tertiary/aromatic N) is 4. The quantitative estimate of drug-likeness (QED) is 0.309. The van der Waals surface area contributed by atoms with Gasteiger partial charge in [-0.15, -0.1) is 34.2 Å². The molecule has 0 radical (unpaired) electrons. The van der Waals surface area contributed by atoms with Crippen molar-refractivity contribution in [3.8, 4) is 0 Å². The third kappa shape index (κ3) is 8.41. The summed E-state index contributed by atoms with van der Waals surface area (Å²) in [6, 6.07) is 0. The number of ether oxygens (including phenoxy) is 1. The number of aromatic nitrogens is 3. The normalized spacial score (nSPS) is 17.4. The zero-order chi connectivity index (χ0) is 19.2. The third-order valence-electron chi connectivity index (χ3n) is 4.01. The van der Waals surface area contributed by atoms with Crippen LogP contribution in [0.25, 0.3) is 0 Å². The molecule has 27 heavy (non-hydrogen) atoms. The van der Waals surface area contributed by atoms with E-state index in [1.54, 1.807) is 0 Å². The average Bonchev–Trinajstić information content (AvgIpc) is 3.17. The van der Waals surface area contributed by atoms with Crippen molar-refractivity contribution in [2.45, 2.75) is 58.7 Å². The lowest BCUT2D eigenvalue weighted by Crippen LogP contribution is -2.49. The van der Waals surface area contributed by atoms with E-state index in [1.165, 1.54) is 0 Å². The van der Waals surface area contributed by atoms with E-state index in [0.29, 0.717) is 19.0 Å². The van der Waals surface area contributed by atoms with Gasteiger partial charge in [0, 0.05) is 25.7 Å². The van der Waals surface area contributed by atoms with Gasteiger partial charge in [0.25, 0.3) is 0 Å². The predicted molar refractivity (Wildman–Crippen MR) is 115 cm³/mol. The molecule has 1 unspecified atom stereocenters. The van der Waals surface area contributed by atoms with Crippen molar-refractivity contribution in [1.29, 1.82) is 0 Å². The van der Waals surface area contributed by atoms with E-state index in [4.69, 9.17) is 4.74 Å². The van der Waals surface area contributed by atoms with Gasteiger partial charge >= 0.3 is 0 Å². The van der Waals surface area contributed by atoms with E-state index in [0.717, 1.165) is 31.1 Å². The molecule has 1 amide bonds. The van der Waals surface area contributed by atoms with Gasteiger partial charge in [-0.1, -0.05) is 0 Å². The summed E-state index contributed by atoms with van der Waals surface area (Å²) in [5.41, 5.74) is -0.267. The summed E-state index contributed by atoms with van der Waals surface area (Å²) in [7, 11) is 1.91. The maximum atomic E-state index is 12.0. The smallest absolute Gasteiger partial charge is 0.239 e. The Hall–Kier alpha value is -1.43. The van der Waals surface area contributed by atoms with E-state index >= 15 is 0 Å². The molecule has 2 rings (SSSR count). The van der Waals surface area contributed by atoms with Crippen LogP contribution in [0.2, 0.25) is 0 Å². The second-order valence-electron chi connectivity index (χ2n) is 7.55. The Bertz CT molecular complexity index is 634. The van der Waals surface area contributed by atoms with Crippen molar-refractivity contribution in [2.24, 2.45) is 12.0 Å². The summed E-state index contributed by atoms with van der Waals surface area (Å²) >= 11 is 0. The number of carbonyl (C=O) groups is 1. The van der Waals surface area contributed by atoms with Crippen molar-refractivity contribution in [2.75, 3.05) is 19.7 Å². The van der Waals surface area contributed by atoms with Gasteiger partial charge in [0.1, 0.15) is 12.4 Å². The lowest BCUT2D eigenvalue weighted by atomic mass is 10.1. The molecule has 1 aliphatic heterocycles. The Morgan fingerprint density at radius 3 is 2.63 bits per heavy atom. The van der Waals surface area contributed by atoms with Gasteiger partial charge in [0.2, 0.25) is 5.91 Å². The highest BCUT2D eigenvalue weighted by Gasteiger charge is 2.17. The van der Waals surface area contributed by atoms with Crippen LogP contribution in [-0.4, -0.2) is 58.0 Å². The Balaban J connectivity index is 0.00000364. The average molecular weight is 493 g/mol. The van der Waals surface area contributed by atoms with Gasteiger partial charge in [0.15, 0.2) is 11.8 Å². The Morgan fingerprint density at radius 2 is 2.07 bits per heavy atom. The molecular weight excluding hydrogens is 461 g/mol. The highest BCUT2D eigenvalue weighted by atomic mass is 127. The summed E-state index contributed by atoms with van der Waals surface area (Å²) in [5.74, 6) is 2.07. The standard InChI is InChI=1S/C17H31N7O2.HI/c1-12-22-23-14(24(12)5)10-19-16(18-9-13-7-6-8-26-13)20-11-15(25)21-17(2,3)4;/h13H,6-11H2,1-5H3,(H,21,25)(H2,18,19,20);1H. The minimum absolute atomic E-state index is 0. The van der Waals surface area contributed by atoms with Crippen LogP contribution in [0.4, 0.5) is 0 Å². The largest absolute Gasteiger partial charge is 0.376 e. The number of aryl methyl sites for hydroxylation is 1. The Morgan fingerprint density at radius 1 is 1.33 bits per heavy atom. The molecule has 0 bridgehead atoms. The summed E-state index contributed by atoms with van der Waals surface area (Å²) in [4.78, 5) is 16.6. The molecule has 1 atom stereocenters. The van der Waals surface area contributed by atoms with Crippen LogP contribution in [0.5, 0.6) is 0 Å². The fourth-order valence-electron chi connectivity index (χ4n) is 2.56. The van der Waals surface area contributed by atoms with Crippen molar-refractivity contribution in [1.82, 2.24) is 30.7 Å². The molecule has 1 saturated heterocycles. The van der Waals surface area contributed by atoms with Gasteiger partial charge in [-0.25, -0.2) is 4.99 Å². The monoisotopic (exact) mass is 493 g/mol. The molecule has 0 aliphatic carbocycles. The summed E-state index contributed by atoms with van der Waals surface area (Å²) in [6.45, 7) is 9.73. The van der Waals surface area contributed by atoms with Crippen LogP contribution in [-0.2, 0) is 23.1 Å². The number of halogens is 1. The number of amides is 1. The Kier molecular flexibility index (Phi) is 9.43. The summed E-state index contributed by atoms with van der Waals surface area (Å²) < 4.78 is 7.53. The fourth-order valence-corrected chi connectivity index (χ4v) is 2.56. The zero-order valence-electron chi connectivity index (χ0n) is 16.8. The first-order valence-corrected chi connectivity index (χ1v) is 9.04. The lowest BCUT2D eigenvalue weighted by Gasteiger charge is -2.21. The molecular formula is C17H32IN7O2. The van der Waals surface area contributed by atoms with Crippen LogP contribution in [0.15, 0.2) is 4.99 Å². The van der Waals surface area contributed by atoms with Gasteiger partial charge < -0.3 is 25.3 Å². The third-order valence-corrected chi connectivity index (χ3v) is 4.01. The highest BCUT2D eigenvalue weighted by Crippen LogP contribution is 2.10. The van der Waals surface area contributed by atoms with E-state index in [9.17, 15) is 4.79 Å². The molecule has 2 heterocycles. The van der Waals surface area contributed by atoms with Crippen molar-refractivity contribution < 1.29 is 9.53 Å². The summed E-state index contributed by atoms with van der Waals surface area (Å²) in [6.07, 6.45) is 2.30. The first-order chi connectivity index (χ1) is 12.2. The molecule has 10 heteroatoms. The SMILES string of the molecule is Cc1nnc(CN=C(NCC(=O)NC(C)(C)C)NCC2CCCO2)n1C.I. The molecule has 1 aliphatic rings. The fraction of sp³-hybridized carbons (Fsp3) is 0.765. The molecule has 0 aromatic carbocycles. The second kappa shape index (κ2) is 10.8. The van der Waals surface area contributed by atoms with E-state index in [2.05, 4.69) is 31.1 Å². The number of rotatable bonds is 6. The molecule has 0 spiro atoms. The van der Waals surface area contributed by atoms with Crippen LogP contribution < -0.4 is 16.0 Å². The molecule has 3 N–H and O–H groups in total. The van der Waals surface area contributed by atoms with Crippen LogP contribution in [0.3, 0.4) is 0 Å². The molecule has 0 saturated carbocycles. The zero-order valence-corrected chi connectivity index (χ0v) is 19.2. The maximum Gasteiger partial charge on any atom is 0.239 e. The summed E-state index contributed by atoms with van der Waals surface area (Å²) in [5, 5.41) is 17.4. The first kappa shape index (κ1) is 23.6. The number of guanidine groups is 1. The van der Waals surface area contributed by atoms with E-state index in [-0.39, 0.29) is 48.1 Å². The van der Waals surface area contributed by atoms with Gasteiger partial charge in [0.05, 0.1) is 12.6 Å². The number of hydrogen-bond donors (Lipinski definition) is 3. The number of nitrogens with one attached hydrogen (secondary N) is 3. The molecule has 1 aromatic heterocycles. The van der Waals surface area contributed by atoms with E-state index < -0.39 is 0 Å². The molecule has 1 fully saturated rings. The Labute approximate surface area is 178 Å². The van der Waals surface area contributed by atoms with Gasteiger partial charge in [-0.2, -0.15) is 0 Å². The minimum Gasteiger partial charge on any atom is -0.376 e. The number of carbonyl (C=O) groups excluding carboxylic acids is 1. The van der Waals surface area contributed by atoms with Gasteiger partial charge in [-0.05, 0) is 40.5 Å². The van der Waals surface area contributed by atoms with Crippen LogP contribution in [0.1, 0.15) is 45.3 Å². The topological polar surface area (TPSA) is 105 Å². The van der Waals surface area contributed by atoms with Crippen molar-refractivity contribution >= 4 is 35.8 Å². The van der Waals surface area contributed by atoms with Gasteiger partial charge in [-0.3, -0.25) is 4.79 Å². The predicted octanol–water partition coefficient (Wildman–Crippen LogP) is 0.870.